The van der Waals surface area contributed by atoms with E-state index in [1.54, 1.807) is 22.9 Å². The number of carbonyl (C=O) groups excluding carboxylic acids is 1. The molecule has 0 aliphatic rings. The minimum Gasteiger partial charge on any atom is -0.494 e. The van der Waals surface area contributed by atoms with Crippen molar-refractivity contribution in [2.24, 2.45) is 0 Å². The average molecular weight is 484 g/mol. The number of nitrogens with zero attached hydrogens (tertiary/aromatic N) is 4. The number of aliphatic hydroxyl groups excluding tert-OH is 1. The van der Waals surface area contributed by atoms with Crippen LogP contribution in [-0.4, -0.2) is 44.5 Å². The zero-order valence-corrected chi connectivity index (χ0v) is 19.4. The minimum atomic E-state index is -0.623. The van der Waals surface area contributed by atoms with Gasteiger partial charge in [0.2, 0.25) is 0 Å². The standard InChI is InChI=1S/C27H22FN5O3/c1-36-24-14-22-19(13-23(24)31-27(35)18-9-5-6-10-21(18)28)26(30-16-29-22)20-15-33(11-12-34)32-25(20)17-7-3-2-4-8-17/h2-10,13-16,34H,11-12H2,1H3,(H,31,35). The van der Waals surface area contributed by atoms with Crippen molar-refractivity contribution in [2.45, 2.75) is 6.54 Å². The van der Waals surface area contributed by atoms with Crippen LogP contribution in [0.3, 0.4) is 0 Å². The largest absolute Gasteiger partial charge is 0.494 e. The molecule has 8 nitrogen and oxygen atoms in total. The second-order valence-electron chi connectivity index (χ2n) is 7.97. The summed E-state index contributed by atoms with van der Waals surface area (Å²) in [6, 6.07) is 18.8. The summed E-state index contributed by atoms with van der Waals surface area (Å²) in [5.41, 5.74) is 3.76. The van der Waals surface area contributed by atoms with Crippen molar-refractivity contribution in [2.75, 3.05) is 19.0 Å². The lowest BCUT2D eigenvalue weighted by atomic mass is 10.0. The molecule has 2 aromatic heterocycles. The van der Waals surface area contributed by atoms with Gasteiger partial charge in [-0.1, -0.05) is 42.5 Å². The maximum atomic E-state index is 14.2. The van der Waals surface area contributed by atoms with Crippen LogP contribution in [0.1, 0.15) is 10.4 Å². The Bertz CT molecular complexity index is 1550. The van der Waals surface area contributed by atoms with Gasteiger partial charge in [-0.2, -0.15) is 5.10 Å². The molecule has 0 radical (unpaired) electrons. The SMILES string of the molecule is COc1cc2ncnc(-c3cn(CCO)nc3-c3ccccc3)c2cc1NC(=O)c1ccccc1F. The Morgan fingerprint density at radius 3 is 2.58 bits per heavy atom. The highest BCUT2D eigenvalue weighted by atomic mass is 19.1. The van der Waals surface area contributed by atoms with Gasteiger partial charge in [-0.05, 0) is 18.2 Å². The van der Waals surface area contributed by atoms with Gasteiger partial charge in [0.1, 0.15) is 23.6 Å². The molecule has 2 heterocycles. The molecule has 0 spiro atoms. The molecule has 36 heavy (non-hydrogen) atoms. The highest BCUT2D eigenvalue weighted by Crippen LogP contribution is 2.37. The Morgan fingerprint density at radius 1 is 1.06 bits per heavy atom. The van der Waals surface area contributed by atoms with E-state index < -0.39 is 11.7 Å². The first kappa shape index (κ1) is 23.1. The van der Waals surface area contributed by atoms with Gasteiger partial charge < -0.3 is 15.2 Å². The predicted molar refractivity (Wildman–Crippen MR) is 134 cm³/mol. The predicted octanol–water partition coefficient (Wildman–Crippen LogP) is 4.55. The van der Waals surface area contributed by atoms with E-state index in [1.165, 1.54) is 31.6 Å². The number of aromatic nitrogens is 4. The normalized spacial score (nSPS) is 11.0. The zero-order chi connectivity index (χ0) is 25.1. The topological polar surface area (TPSA) is 102 Å². The van der Waals surface area contributed by atoms with Crippen molar-refractivity contribution >= 4 is 22.5 Å². The summed E-state index contributed by atoms with van der Waals surface area (Å²) in [6.07, 6.45) is 3.27. The van der Waals surface area contributed by atoms with Gasteiger partial charge in [0.15, 0.2) is 0 Å². The highest BCUT2D eigenvalue weighted by molar-refractivity contribution is 6.07. The first-order valence-electron chi connectivity index (χ1n) is 11.2. The van der Waals surface area contributed by atoms with Crippen LogP contribution in [0.2, 0.25) is 0 Å². The maximum Gasteiger partial charge on any atom is 0.258 e. The summed E-state index contributed by atoms with van der Waals surface area (Å²) >= 11 is 0. The number of fused-ring (bicyclic) bond motifs is 1. The van der Waals surface area contributed by atoms with Gasteiger partial charge in [0.25, 0.3) is 5.91 Å². The lowest BCUT2D eigenvalue weighted by Crippen LogP contribution is -2.14. The molecule has 5 aromatic rings. The number of amides is 1. The van der Waals surface area contributed by atoms with E-state index in [2.05, 4.69) is 20.4 Å². The lowest BCUT2D eigenvalue weighted by Gasteiger charge is -2.13. The summed E-state index contributed by atoms with van der Waals surface area (Å²) in [5, 5.41) is 17.5. The van der Waals surface area contributed by atoms with Crippen LogP contribution in [0.25, 0.3) is 33.4 Å². The number of anilines is 1. The van der Waals surface area contributed by atoms with Gasteiger partial charge in [-0.3, -0.25) is 9.48 Å². The van der Waals surface area contributed by atoms with E-state index in [1.807, 2.05) is 36.5 Å². The molecule has 0 bridgehead atoms. The molecule has 1 amide bonds. The molecule has 0 saturated carbocycles. The second-order valence-corrected chi connectivity index (χ2v) is 7.97. The van der Waals surface area contributed by atoms with Crippen LogP contribution in [0, 0.1) is 5.82 Å². The van der Waals surface area contributed by atoms with Crippen molar-refractivity contribution < 1.29 is 19.0 Å². The van der Waals surface area contributed by atoms with Gasteiger partial charge in [0, 0.05) is 28.8 Å². The number of carbonyl (C=O) groups is 1. The highest BCUT2D eigenvalue weighted by Gasteiger charge is 2.20. The molecule has 0 fully saturated rings. The fourth-order valence-electron chi connectivity index (χ4n) is 4.02. The van der Waals surface area contributed by atoms with E-state index in [-0.39, 0.29) is 12.2 Å². The number of hydrogen-bond acceptors (Lipinski definition) is 6. The number of benzene rings is 3. The first-order chi connectivity index (χ1) is 17.6. The van der Waals surface area contributed by atoms with E-state index in [9.17, 15) is 14.3 Å². The quantitative estimate of drug-likeness (QED) is 0.352. The number of methoxy groups -OCH3 is 1. The Labute approximate surface area is 206 Å². The van der Waals surface area contributed by atoms with E-state index in [0.717, 1.165) is 11.1 Å². The molecule has 5 rings (SSSR count). The first-order valence-corrected chi connectivity index (χ1v) is 11.2. The number of rotatable bonds is 7. The van der Waals surface area contributed by atoms with Crippen LogP contribution >= 0.6 is 0 Å². The molecular formula is C27H22FN5O3. The number of ether oxygens (including phenoxy) is 1. The van der Waals surface area contributed by atoms with Crippen LogP contribution in [0.15, 0.2) is 79.3 Å². The molecule has 180 valence electrons. The average Bonchev–Trinajstić information content (AvgIpc) is 3.32. The summed E-state index contributed by atoms with van der Waals surface area (Å²) in [5.74, 6) is -0.858. The molecule has 9 heteroatoms. The van der Waals surface area contributed by atoms with Gasteiger partial charge in [-0.25, -0.2) is 14.4 Å². The smallest absolute Gasteiger partial charge is 0.258 e. The van der Waals surface area contributed by atoms with E-state index >= 15 is 0 Å². The summed E-state index contributed by atoms with van der Waals surface area (Å²) in [6.45, 7) is 0.254. The summed E-state index contributed by atoms with van der Waals surface area (Å²) in [4.78, 5) is 21.8. The van der Waals surface area contributed by atoms with Crippen molar-refractivity contribution in [1.82, 2.24) is 19.7 Å². The zero-order valence-electron chi connectivity index (χ0n) is 19.4. The summed E-state index contributed by atoms with van der Waals surface area (Å²) < 4.78 is 21.3. The van der Waals surface area contributed by atoms with Gasteiger partial charge in [0.05, 0.1) is 42.7 Å². The molecule has 0 aliphatic carbocycles. The molecule has 0 saturated heterocycles. The molecular weight excluding hydrogens is 461 g/mol. The van der Waals surface area contributed by atoms with Gasteiger partial charge in [-0.15, -0.1) is 0 Å². The fourth-order valence-corrected chi connectivity index (χ4v) is 4.02. The Kier molecular flexibility index (Phi) is 6.38. The number of nitrogens with one attached hydrogen (secondary N) is 1. The van der Waals surface area contributed by atoms with Crippen LogP contribution in [-0.2, 0) is 6.54 Å². The number of halogens is 1. The maximum absolute atomic E-state index is 14.2. The Balaban J connectivity index is 1.66. The lowest BCUT2D eigenvalue weighted by molar-refractivity contribution is 0.102. The fraction of sp³-hybridized carbons (Fsp3) is 0.111. The van der Waals surface area contributed by atoms with E-state index in [4.69, 9.17) is 4.74 Å². The molecule has 2 N–H and O–H groups in total. The van der Waals surface area contributed by atoms with Crippen LogP contribution in [0.4, 0.5) is 10.1 Å². The molecule has 0 atom stereocenters. The second kappa shape index (κ2) is 9.93. The third-order valence-electron chi connectivity index (χ3n) is 5.72. The van der Waals surface area contributed by atoms with E-state index in [0.29, 0.717) is 40.3 Å². The van der Waals surface area contributed by atoms with Crippen molar-refractivity contribution in [3.63, 3.8) is 0 Å². The van der Waals surface area contributed by atoms with Crippen molar-refractivity contribution in [3.05, 3.63) is 90.6 Å². The molecule has 0 unspecified atom stereocenters. The minimum absolute atomic E-state index is 0.0662. The Hall–Kier alpha value is -4.63. The van der Waals surface area contributed by atoms with Crippen molar-refractivity contribution in [1.29, 1.82) is 0 Å². The Morgan fingerprint density at radius 2 is 1.83 bits per heavy atom. The number of aliphatic hydroxyl groups is 1. The number of hydrogen-bond donors (Lipinski definition) is 2. The van der Waals surface area contributed by atoms with Crippen LogP contribution in [0.5, 0.6) is 5.75 Å². The van der Waals surface area contributed by atoms with Crippen LogP contribution < -0.4 is 10.1 Å². The third-order valence-corrected chi connectivity index (χ3v) is 5.72. The third kappa shape index (κ3) is 4.39. The molecule has 0 aliphatic heterocycles. The van der Waals surface area contributed by atoms with Crippen molar-refractivity contribution in [3.8, 4) is 28.3 Å². The molecule has 3 aromatic carbocycles. The van der Waals surface area contributed by atoms with Gasteiger partial charge >= 0.3 is 0 Å². The summed E-state index contributed by atoms with van der Waals surface area (Å²) in [7, 11) is 1.48. The monoisotopic (exact) mass is 483 g/mol.